The number of hydrogen-bond acceptors (Lipinski definition) is 4. The van der Waals surface area contributed by atoms with Gasteiger partial charge in [-0.1, -0.05) is 45.8 Å². The van der Waals surface area contributed by atoms with Gasteiger partial charge in [0.05, 0.1) is 6.04 Å². The van der Waals surface area contributed by atoms with Gasteiger partial charge < -0.3 is 5.32 Å². The van der Waals surface area contributed by atoms with Crippen molar-refractivity contribution < 1.29 is 0 Å². The number of rotatable bonds is 5. The molecule has 0 aliphatic rings. The minimum Gasteiger partial charge on any atom is -0.308 e. The molecule has 2 rings (SSSR count). The fraction of sp³-hybridized carbons (Fsp3) is 0.385. The van der Waals surface area contributed by atoms with Crippen molar-refractivity contribution in [3.63, 3.8) is 0 Å². The fourth-order valence-electron chi connectivity index (χ4n) is 1.63. The minimum atomic E-state index is 0.226. The molecule has 1 atom stereocenters. The van der Waals surface area contributed by atoms with Crippen LogP contribution in [0, 0.1) is 0 Å². The maximum atomic E-state index is 6.03. The van der Waals surface area contributed by atoms with Crippen LogP contribution in [0.4, 0.5) is 0 Å². The fourth-order valence-corrected chi connectivity index (χ4v) is 3.27. The quantitative estimate of drug-likeness (QED) is 0.841. The van der Waals surface area contributed by atoms with Gasteiger partial charge in [0.1, 0.15) is 10.0 Å². The van der Waals surface area contributed by atoms with Crippen LogP contribution in [0.25, 0.3) is 10.6 Å². The maximum Gasteiger partial charge on any atom is 0.149 e. The molecule has 0 amide bonds. The molecule has 0 aliphatic carbocycles. The van der Waals surface area contributed by atoms with Crippen LogP contribution in [-0.4, -0.2) is 16.7 Å². The van der Waals surface area contributed by atoms with Gasteiger partial charge in [-0.2, -0.15) is 0 Å². The van der Waals surface area contributed by atoms with E-state index in [0.717, 1.165) is 33.0 Å². The molecule has 0 spiro atoms. The zero-order valence-corrected chi connectivity index (χ0v) is 13.9. The number of benzene rings is 1. The van der Waals surface area contributed by atoms with Crippen LogP contribution >= 0.6 is 38.9 Å². The van der Waals surface area contributed by atoms with E-state index in [1.807, 2.05) is 18.2 Å². The van der Waals surface area contributed by atoms with Gasteiger partial charge in [-0.3, -0.25) is 0 Å². The molecule has 1 N–H and O–H groups in total. The molecular weight excluding hydrogens is 346 g/mol. The molecule has 1 heterocycles. The molecule has 0 bridgehead atoms. The van der Waals surface area contributed by atoms with Crippen molar-refractivity contribution in [1.29, 1.82) is 0 Å². The van der Waals surface area contributed by atoms with Gasteiger partial charge in [-0.15, -0.1) is 10.2 Å². The molecule has 2 aromatic rings. The lowest BCUT2D eigenvalue weighted by atomic mass is 10.2. The van der Waals surface area contributed by atoms with E-state index >= 15 is 0 Å². The SMILES string of the molecule is CCCNC(C)c1nnc(-c2cc(Cl)ccc2Br)s1. The molecule has 102 valence electrons. The molecule has 19 heavy (non-hydrogen) atoms. The summed E-state index contributed by atoms with van der Waals surface area (Å²) in [7, 11) is 0. The van der Waals surface area contributed by atoms with Crippen molar-refractivity contribution in [2.45, 2.75) is 26.3 Å². The monoisotopic (exact) mass is 359 g/mol. The van der Waals surface area contributed by atoms with Crippen LogP contribution in [-0.2, 0) is 0 Å². The Kier molecular flexibility index (Phi) is 5.33. The lowest BCUT2D eigenvalue weighted by Crippen LogP contribution is -2.18. The van der Waals surface area contributed by atoms with Crippen LogP contribution < -0.4 is 5.32 Å². The summed E-state index contributed by atoms with van der Waals surface area (Å²) in [6, 6.07) is 5.91. The van der Waals surface area contributed by atoms with Crippen LogP contribution in [0.1, 0.15) is 31.3 Å². The summed E-state index contributed by atoms with van der Waals surface area (Å²) in [5.74, 6) is 0. The highest BCUT2D eigenvalue weighted by Gasteiger charge is 2.14. The number of hydrogen-bond donors (Lipinski definition) is 1. The second-order valence-electron chi connectivity index (χ2n) is 4.25. The van der Waals surface area contributed by atoms with E-state index in [0.29, 0.717) is 5.02 Å². The Morgan fingerprint density at radius 1 is 1.42 bits per heavy atom. The summed E-state index contributed by atoms with van der Waals surface area (Å²) >= 11 is 11.1. The minimum absolute atomic E-state index is 0.226. The zero-order chi connectivity index (χ0) is 13.8. The van der Waals surface area contributed by atoms with Crippen molar-refractivity contribution >= 4 is 38.9 Å². The average Bonchev–Trinajstić information content (AvgIpc) is 2.88. The Balaban J connectivity index is 2.23. The van der Waals surface area contributed by atoms with E-state index in [1.54, 1.807) is 11.3 Å². The van der Waals surface area contributed by atoms with Gasteiger partial charge in [0, 0.05) is 15.1 Å². The number of nitrogens with one attached hydrogen (secondary N) is 1. The van der Waals surface area contributed by atoms with Crippen LogP contribution in [0.3, 0.4) is 0 Å². The Morgan fingerprint density at radius 3 is 2.95 bits per heavy atom. The Morgan fingerprint density at radius 2 is 2.21 bits per heavy atom. The van der Waals surface area contributed by atoms with Crippen LogP contribution in [0.15, 0.2) is 22.7 Å². The van der Waals surface area contributed by atoms with E-state index in [2.05, 4.69) is 45.3 Å². The first-order valence-corrected chi connectivity index (χ1v) is 8.12. The van der Waals surface area contributed by atoms with Gasteiger partial charge in [0.2, 0.25) is 0 Å². The Hall–Kier alpha value is -0.490. The Bertz CT molecular complexity index is 559. The molecule has 0 radical (unpaired) electrons. The summed E-state index contributed by atoms with van der Waals surface area (Å²) in [6.07, 6.45) is 1.11. The smallest absolute Gasteiger partial charge is 0.149 e. The van der Waals surface area contributed by atoms with Gasteiger partial charge in [0.25, 0.3) is 0 Å². The molecule has 3 nitrogen and oxygen atoms in total. The summed E-state index contributed by atoms with van der Waals surface area (Å²) in [6.45, 7) is 5.23. The number of aromatic nitrogens is 2. The molecule has 1 unspecified atom stereocenters. The normalized spacial score (nSPS) is 12.6. The zero-order valence-electron chi connectivity index (χ0n) is 10.8. The van der Waals surface area contributed by atoms with E-state index in [4.69, 9.17) is 11.6 Å². The molecule has 1 aromatic heterocycles. The molecule has 0 saturated carbocycles. The molecule has 0 saturated heterocycles. The topological polar surface area (TPSA) is 37.8 Å². The highest BCUT2D eigenvalue weighted by atomic mass is 79.9. The molecule has 0 fully saturated rings. The third-order valence-corrected chi connectivity index (χ3v) is 4.74. The highest BCUT2D eigenvalue weighted by molar-refractivity contribution is 9.10. The van der Waals surface area contributed by atoms with E-state index < -0.39 is 0 Å². The first-order valence-electron chi connectivity index (χ1n) is 6.14. The summed E-state index contributed by atoms with van der Waals surface area (Å²) in [5, 5.41) is 14.5. The molecular formula is C13H15BrClN3S. The summed E-state index contributed by atoms with van der Waals surface area (Å²) < 4.78 is 0.980. The van der Waals surface area contributed by atoms with Gasteiger partial charge in [-0.05, 0) is 38.1 Å². The molecule has 1 aromatic carbocycles. The first kappa shape index (κ1) is 14.9. The predicted octanol–water partition coefficient (Wildman–Crippen LogP) is 4.68. The van der Waals surface area contributed by atoms with Gasteiger partial charge >= 0.3 is 0 Å². The Labute approximate surface area is 130 Å². The van der Waals surface area contributed by atoms with Crippen molar-refractivity contribution in [2.24, 2.45) is 0 Å². The molecule has 0 aliphatic heterocycles. The standard InChI is InChI=1S/C13H15BrClN3S/c1-3-6-16-8(2)12-17-18-13(19-12)10-7-9(15)4-5-11(10)14/h4-5,7-8,16H,3,6H2,1-2H3. The third kappa shape index (κ3) is 3.75. The first-order chi connectivity index (χ1) is 9.11. The van der Waals surface area contributed by atoms with Crippen LogP contribution in [0.5, 0.6) is 0 Å². The van der Waals surface area contributed by atoms with Crippen molar-refractivity contribution in [3.8, 4) is 10.6 Å². The van der Waals surface area contributed by atoms with E-state index in [1.165, 1.54) is 0 Å². The van der Waals surface area contributed by atoms with Crippen LogP contribution in [0.2, 0.25) is 5.02 Å². The van der Waals surface area contributed by atoms with E-state index in [9.17, 15) is 0 Å². The summed E-state index contributed by atoms with van der Waals surface area (Å²) in [4.78, 5) is 0. The maximum absolute atomic E-state index is 6.03. The number of halogens is 2. The van der Waals surface area contributed by atoms with E-state index in [-0.39, 0.29) is 6.04 Å². The lowest BCUT2D eigenvalue weighted by molar-refractivity contribution is 0.564. The van der Waals surface area contributed by atoms with Crippen molar-refractivity contribution in [2.75, 3.05) is 6.54 Å². The third-order valence-electron chi connectivity index (χ3n) is 2.67. The predicted molar refractivity (Wildman–Crippen MR) is 84.8 cm³/mol. The van der Waals surface area contributed by atoms with Gasteiger partial charge in [0.15, 0.2) is 0 Å². The number of nitrogens with zero attached hydrogens (tertiary/aromatic N) is 2. The second kappa shape index (κ2) is 6.79. The van der Waals surface area contributed by atoms with Crippen molar-refractivity contribution in [1.82, 2.24) is 15.5 Å². The highest BCUT2D eigenvalue weighted by Crippen LogP contribution is 2.33. The summed E-state index contributed by atoms with van der Waals surface area (Å²) in [5.41, 5.74) is 0.985. The lowest BCUT2D eigenvalue weighted by Gasteiger charge is -2.08. The second-order valence-corrected chi connectivity index (χ2v) is 6.55. The average molecular weight is 361 g/mol. The largest absolute Gasteiger partial charge is 0.308 e. The van der Waals surface area contributed by atoms with Crippen molar-refractivity contribution in [3.05, 3.63) is 32.7 Å². The van der Waals surface area contributed by atoms with Gasteiger partial charge in [-0.25, -0.2) is 0 Å². The molecule has 6 heteroatoms.